The molecule has 1 aliphatic heterocycles. The average molecular weight is 215 g/mol. The smallest absolute Gasteiger partial charge is 0.293 e. The van der Waals surface area contributed by atoms with Gasteiger partial charge in [-0.3, -0.25) is 9.59 Å². The van der Waals surface area contributed by atoms with Gasteiger partial charge in [0.15, 0.2) is 0 Å². The highest BCUT2D eigenvalue weighted by atomic mass is 16.5. The third kappa shape index (κ3) is 9.25. The fourth-order valence-electron chi connectivity index (χ4n) is 1.00. The van der Waals surface area contributed by atoms with Gasteiger partial charge in [0.1, 0.15) is 5.60 Å². The number of rotatable bonds is 1. The number of ether oxygens (including phenoxy) is 1. The van der Waals surface area contributed by atoms with Crippen molar-refractivity contribution in [2.75, 3.05) is 6.54 Å². The summed E-state index contributed by atoms with van der Waals surface area (Å²) in [5.74, 6) is 0.899. The molecule has 0 aliphatic carbocycles. The summed E-state index contributed by atoms with van der Waals surface area (Å²) in [6, 6.07) is 0. The van der Waals surface area contributed by atoms with E-state index in [-0.39, 0.29) is 11.5 Å². The van der Waals surface area contributed by atoms with E-state index in [9.17, 15) is 9.59 Å². The van der Waals surface area contributed by atoms with Crippen molar-refractivity contribution in [1.82, 2.24) is 5.32 Å². The van der Waals surface area contributed by atoms with Crippen molar-refractivity contribution in [3.8, 4) is 0 Å². The van der Waals surface area contributed by atoms with Gasteiger partial charge in [-0.2, -0.15) is 0 Å². The summed E-state index contributed by atoms with van der Waals surface area (Å²) < 4.78 is 4.55. The molecule has 1 rings (SSSR count). The summed E-state index contributed by atoms with van der Waals surface area (Å²) in [4.78, 5) is 20.1. The molecule has 1 heterocycles. The molecule has 0 aromatic carbocycles. The molecule has 0 spiro atoms. The molecular weight excluding hydrogens is 194 g/mol. The Morgan fingerprint density at radius 1 is 1.47 bits per heavy atom. The monoisotopic (exact) mass is 215 g/mol. The standard InChI is InChI=1S/C6H11NO.C5H10O2/c1-5-2-3-6(8)7-4-5;1-5(2,3)7-4-6/h5H,2-4H2,1H3,(H,7,8);4H,1-3H3. The topological polar surface area (TPSA) is 55.4 Å². The Morgan fingerprint density at radius 2 is 2.07 bits per heavy atom. The van der Waals surface area contributed by atoms with Crippen LogP contribution in [0.5, 0.6) is 0 Å². The second-order valence-electron chi connectivity index (χ2n) is 4.77. The maximum atomic E-state index is 10.5. The van der Waals surface area contributed by atoms with Gasteiger partial charge in [-0.1, -0.05) is 6.92 Å². The van der Waals surface area contributed by atoms with Crippen LogP contribution < -0.4 is 5.32 Å². The lowest BCUT2D eigenvalue weighted by atomic mass is 10.0. The van der Waals surface area contributed by atoms with Crippen molar-refractivity contribution in [2.24, 2.45) is 5.92 Å². The predicted octanol–water partition coefficient (Wildman–Crippen LogP) is 1.49. The zero-order chi connectivity index (χ0) is 11.9. The Labute approximate surface area is 91.4 Å². The molecule has 4 heteroatoms. The van der Waals surface area contributed by atoms with Crippen molar-refractivity contribution in [2.45, 2.75) is 46.1 Å². The molecule has 1 amide bonds. The van der Waals surface area contributed by atoms with E-state index in [0.717, 1.165) is 19.4 Å². The molecule has 1 N–H and O–H groups in total. The van der Waals surface area contributed by atoms with Crippen LogP contribution in [0.3, 0.4) is 0 Å². The van der Waals surface area contributed by atoms with Gasteiger partial charge < -0.3 is 10.1 Å². The van der Waals surface area contributed by atoms with E-state index < -0.39 is 0 Å². The molecule has 4 nitrogen and oxygen atoms in total. The number of amides is 1. The van der Waals surface area contributed by atoms with Crippen molar-refractivity contribution in [3.05, 3.63) is 0 Å². The Hall–Kier alpha value is -1.06. The highest BCUT2D eigenvalue weighted by molar-refractivity contribution is 5.76. The Kier molecular flexibility index (Phi) is 5.97. The lowest BCUT2D eigenvalue weighted by Gasteiger charge is -2.17. The molecule has 1 saturated heterocycles. The summed E-state index contributed by atoms with van der Waals surface area (Å²) >= 11 is 0. The minimum Gasteiger partial charge on any atom is -0.462 e. The van der Waals surface area contributed by atoms with Crippen LogP contribution in [-0.2, 0) is 14.3 Å². The van der Waals surface area contributed by atoms with Crippen LogP contribution in [0, 0.1) is 5.92 Å². The van der Waals surface area contributed by atoms with Crippen LogP contribution in [0.4, 0.5) is 0 Å². The number of hydrogen-bond donors (Lipinski definition) is 1. The molecular formula is C11H21NO3. The fraction of sp³-hybridized carbons (Fsp3) is 0.818. The number of hydrogen-bond acceptors (Lipinski definition) is 3. The Morgan fingerprint density at radius 3 is 2.27 bits per heavy atom. The summed E-state index contributed by atoms with van der Waals surface area (Å²) in [7, 11) is 0. The second-order valence-corrected chi connectivity index (χ2v) is 4.77. The van der Waals surface area contributed by atoms with Crippen LogP contribution in [0.15, 0.2) is 0 Å². The summed E-state index contributed by atoms with van der Waals surface area (Å²) in [5.41, 5.74) is -0.318. The SMILES string of the molecule is CC(C)(C)OC=O.CC1CCC(=O)NC1. The highest BCUT2D eigenvalue weighted by Crippen LogP contribution is 2.07. The van der Waals surface area contributed by atoms with Crippen molar-refractivity contribution in [1.29, 1.82) is 0 Å². The Bertz CT molecular complexity index is 198. The average Bonchev–Trinajstić information content (AvgIpc) is 2.09. The Balaban J connectivity index is 0.000000265. The molecule has 0 bridgehead atoms. The first-order valence-corrected chi connectivity index (χ1v) is 5.23. The van der Waals surface area contributed by atoms with Crippen molar-refractivity contribution >= 4 is 12.4 Å². The van der Waals surface area contributed by atoms with E-state index in [2.05, 4.69) is 17.0 Å². The molecule has 88 valence electrons. The largest absolute Gasteiger partial charge is 0.462 e. The molecule has 1 fully saturated rings. The normalized spacial score (nSPS) is 20.8. The van der Waals surface area contributed by atoms with Crippen molar-refractivity contribution in [3.63, 3.8) is 0 Å². The van der Waals surface area contributed by atoms with Crippen LogP contribution >= 0.6 is 0 Å². The van der Waals surface area contributed by atoms with Gasteiger partial charge in [0.05, 0.1) is 0 Å². The molecule has 15 heavy (non-hydrogen) atoms. The molecule has 0 radical (unpaired) electrons. The third-order valence-electron chi connectivity index (χ3n) is 1.91. The number of carbonyl (C=O) groups is 2. The highest BCUT2D eigenvalue weighted by Gasteiger charge is 2.12. The van der Waals surface area contributed by atoms with Crippen LogP contribution in [0.25, 0.3) is 0 Å². The van der Waals surface area contributed by atoms with Gasteiger partial charge in [0.25, 0.3) is 6.47 Å². The molecule has 0 aromatic heterocycles. The zero-order valence-electron chi connectivity index (χ0n) is 10.0. The summed E-state index contributed by atoms with van der Waals surface area (Å²) in [6.45, 7) is 8.95. The van der Waals surface area contributed by atoms with E-state index in [1.807, 2.05) is 20.8 Å². The van der Waals surface area contributed by atoms with E-state index in [1.54, 1.807) is 0 Å². The molecule has 1 atom stereocenters. The van der Waals surface area contributed by atoms with Gasteiger partial charge in [-0.05, 0) is 33.1 Å². The lowest BCUT2D eigenvalue weighted by molar-refractivity contribution is -0.138. The van der Waals surface area contributed by atoms with Gasteiger partial charge in [0.2, 0.25) is 5.91 Å². The van der Waals surface area contributed by atoms with Gasteiger partial charge >= 0.3 is 0 Å². The van der Waals surface area contributed by atoms with Crippen LogP contribution in [-0.4, -0.2) is 24.5 Å². The quantitative estimate of drug-likeness (QED) is 0.674. The number of piperidine rings is 1. The van der Waals surface area contributed by atoms with E-state index in [1.165, 1.54) is 0 Å². The first-order chi connectivity index (χ1) is 6.85. The first kappa shape index (κ1) is 13.9. The minimum absolute atomic E-state index is 0.211. The van der Waals surface area contributed by atoms with E-state index >= 15 is 0 Å². The molecule has 0 saturated carbocycles. The minimum atomic E-state index is -0.318. The van der Waals surface area contributed by atoms with E-state index in [4.69, 9.17) is 0 Å². The fourth-order valence-corrected chi connectivity index (χ4v) is 1.00. The summed E-state index contributed by atoms with van der Waals surface area (Å²) in [6.07, 6.45) is 1.78. The van der Waals surface area contributed by atoms with Crippen molar-refractivity contribution < 1.29 is 14.3 Å². The summed E-state index contributed by atoms with van der Waals surface area (Å²) in [5, 5.41) is 2.79. The van der Waals surface area contributed by atoms with Gasteiger partial charge in [0, 0.05) is 13.0 Å². The van der Waals surface area contributed by atoms with Crippen LogP contribution in [0.2, 0.25) is 0 Å². The lowest BCUT2D eigenvalue weighted by Crippen LogP contribution is -2.33. The number of carbonyl (C=O) groups excluding carboxylic acids is 2. The van der Waals surface area contributed by atoms with E-state index in [0.29, 0.717) is 12.4 Å². The molecule has 1 aliphatic rings. The van der Waals surface area contributed by atoms with Crippen LogP contribution in [0.1, 0.15) is 40.5 Å². The predicted molar refractivity (Wildman–Crippen MR) is 58.3 cm³/mol. The molecule has 0 aromatic rings. The maximum Gasteiger partial charge on any atom is 0.293 e. The number of nitrogens with one attached hydrogen (secondary N) is 1. The molecule has 1 unspecified atom stereocenters. The second kappa shape index (κ2) is 6.43. The maximum absolute atomic E-state index is 10.5. The van der Waals surface area contributed by atoms with Gasteiger partial charge in [-0.25, -0.2) is 0 Å². The first-order valence-electron chi connectivity index (χ1n) is 5.23. The zero-order valence-corrected chi connectivity index (χ0v) is 10.0. The van der Waals surface area contributed by atoms with Gasteiger partial charge in [-0.15, -0.1) is 0 Å². The third-order valence-corrected chi connectivity index (χ3v) is 1.91.